The quantitative estimate of drug-likeness (QED) is 0.899. The Labute approximate surface area is 119 Å². The maximum absolute atomic E-state index is 12.3. The van der Waals surface area contributed by atoms with E-state index in [2.05, 4.69) is 29.6 Å². The van der Waals surface area contributed by atoms with Gasteiger partial charge in [-0.25, -0.2) is 0 Å². The van der Waals surface area contributed by atoms with Crippen LogP contribution in [0, 0.1) is 11.8 Å². The van der Waals surface area contributed by atoms with E-state index in [0.717, 1.165) is 25.9 Å². The zero-order valence-electron chi connectivity index (χ0n) is 11.5. The SMILES string of the molecule is O=C1CC(C(=O)N2CCC(Cc3ccccc3)C2)CN1. The van der Waals surface area contributed by atoms with E-state index in [4.69, 9.17) is 0 Å². The number of nitrogens with one attached hydrogen (secondary N) is 1. The number of nitrogens with zero attached hydrogens (tertiary/aromatic N) is 1. The number of hydrogen-bond acceptors (Lipinski definition) is 2. The number of carbonyl (C=O) groups is 2. The number of hydrogen-bond donors (Lipinski definition) is 1. The highest BCUT2D eigenvalue weighted by molar-refractivity contribution is 5.89. The van der Waals surface area contributed by atoms with E-state index in [1.165, 1.54) is 5.56 Å². The highest BCUT2D eigenvalue weighted by atomic mass is 16.2. The zero-order valence-corrected chi connectivity index (χ0v) is 11.5. The van der Waals surface area contributed by atoms with Crippen LogP contribution in [0.3, 0.4) is 0 Å². The summed E-state index contributed by atoms with van der Waals surface area (Å²) < 4.78 is 0. The molecule has 3 rings (SSSR count). The molecule has 2 heterocycles. The molecule has 2 aliphatic rings. The van der Waals surface area contributed by atoms with Gasteiger partial charge in [-0.1, -0.05) is 30.3 Å². The second kappa shape index (κ2) is 5.65. The molecule has 2 atom stereocenters. The van der Waals surface area contributed by atoms with Gasteiger partial charge in [0.25, 0.3) is 0 Å². The molecule has 2 aliphatic heterocycles. The second-order valence-corrected chi connectivity index (χ2v) is 5.83. The van der Waals surface area contributed by atoms with Crippen LogP contribution in [0.4, 0.5) is 0 Å². The van der Waals surface area contributed by atoms with Crippen LogP contribution in [0.2, 0.25) is 0 Å². The Bertz CT molecular complexity index is 500. The van der Waals surface area contributed by atoms with Crippen LogP contribution in [0.15, 0.2) is 30.3 Å². The first kappa shape index (κ1) is 13.2. The third kappa shape index (κ3) is 2.84. The molecule has 1 aromatic carbocycles. The summed E-state index contributed by atoms with van der Waals surface area (Å²) in [6, 6.07) is 10.4. The molecule has 0 aliphatic carbocycles. The topological polar surface area (TPSA) is 49.4 Å². The van der Waals surface area contributed by atoms with Crippen molar-refractivity contribution in [3.05, 3.63) is 35.9 Å². The number of rotatable bonds is 3. The number of amides is 2. The van der Waals surface area contributed by atoms with Crippen molar-refractivity contribution in [2.45, 2.75) is 19.3 Å². The normalized spacial score (nSPS) is 25.8. The highest BCUT2D eigenvalue weighted by Crippen LogP contribution is 2.23. The van der Waals surface area contributed by atoms with Gasteiger partial charge in [0, 0.05) is 26.1 Å². The number of carbonyl (C=O) groups excluding carboxylic acids is 2. The summed E-state index contributed by atoms with van der Waals surface area (Å²) in [5.74, 6) is 0.562. The van der Waals surface area contributed by atoms with Crippen molar-refractivity contribution in [1.29, 1.82) is 0 Å². The average molecular weight is 272 g/mol. The van der Waals surface area contributed by atoms with E-state index in [9.17, 15) is 9.59 Å². The van der Waals surface area contributed by atoms with Crippen molar-refractivity contribution in [3.63, 3.8) is 0 Å². The Morgan fingerprint density at radius 1 is 1.30 bits per heavy atom. The maximum Gasteiger partial charge on any atom is 0.227 e. The summed E-state index contributed by atoms with van der Waals surface area (Å²) in [4.78, 5) is 25.5. The van der Waals surface area contributed by atoms with E-state index in [-0.39, 0.29) is 17.7 Å². The third-order valence-corrected chi connectivity index (χ3v) is 4.29. The molecule has 0 spiro atoms. The van der Waals surface area contributed by atoms with E-state index >= 15 is 0 Å². The van der Waals surface area contributed by atoms with E-state index in [0.29, 0.717) is 18.9 Å². The van der Waals surface area contributed by atoms with Crippen LogP contribution < -0.4 is 5.32 Å². The van der Waals surface area contributed by atoms with Gasteiger partial charge in [0.2, 0.25) is 11.8 Å². The van der Waals surface area contributed by atoms with Gasteiger partial charge < -0.3 is 10.2 Å². The fourth-order valence-corrected chi connectivity index (χ4v) is 3.18. The van der Waals surface area contributed by atoms with Crippen LogP contribution in [0.25, 0.3) is 0 Å². The van der Waals surface area contributed by atoms with Gasteiger partial charge in [-0.3, -0.25) is 9.59 Å². The Morgan fingerprint density at radius 2 is 2.10 bits per heavy atom. The molecule has 106 valence electrons. The fraction of sp³-hybridized carbons (Fsp3) is 0.500. The molecule has 2 unspecified atom stereocenters. The van der Waals surface area contributed by atoms with E-state index in [1.54, 1.807) is 0 Å². The predicted molar refractivity (Wildman–Crippen MR) is 75.9 cm³/mol. The van der Waals surface area contributed by atoms with Crippen molar-refractivity contribution in [2.24, 2.45) is 11.8 Å². The molecule has 0 radical (unpaired) electrons. The van der Waals surface area contributed by atoms with E-state index in [1.807, 2.05) is 11.0 Å². The lowest BCUT2D eigenvalue weighted by atomic mass is 9.99. The fourth-order valence-electron chi connectivity index (χ4n) is 3.18. The molecule has 20 heavy (non-hydrogen) atoms. The molecule has 2 amide bonds. The van der Waals surface area contributed by atoms with Gasteiger partial charge in [0.05, 0.1) is 5.92 Å². The largest absolute Gasteiger partial charge is 0.355 e. The molecule has 4 heteroatoms. The lowest BCUT2D eigenvalue weighted by molar-refractivity contribution is -0.134. The monoisotopic (exact) mass is 272 g/mol. The molecule has 2 fully saturated rings. The molecule has 1 N–H and O–H groups in total. The Kier molecular flexibility index (Phi) is 3.72. The van der Waals surface area contributed by atoms with Crippen LogP contribution in [-0.2, 0) is 16.0 Å². The van der Waals surface area contributed by atoms with Crippen molar-refractivity contribution in [3.8, 4) is 0 Å². The average Bonchev–Trinajstić information content (AvgIpc) is 3.08. The van der Waals surface area contributed by atoms with Gasteiger partial charge in [-0.05, 0) is 24.3 Å². The molecule has 2 saturated heterocycles. The summed E-state index contributed by atoms with van der Waals surface area (Å²) in [5, 5.41) is 2.74. The third-order valence-electron chi connectivity index (χ3n) is 4.29. The standard InChI is InChI=1S/C16H20N2O2/c19-15-9-14(10-17-15)16(20)18-7-6-13(11-18)8-12-4-2-1-3-5-12/h1-5,13-14H,6-11H2,(H,17,19). The zero-order chi connectivity index (χ0) is 13.9. The predicted octanol–water partition coefficient (Wildman–Crippen LogP) is 1.21. The van der Waals surface area contributed by atoms with Gasteiger partial charge >= 0.3 is 0 Å². The minimum atomic E-state index is -0.141. The first-order valence-corrected chi connectivity index (χ1v) is 7.32. The van der Waals surface area contributed by atoms with Gasteiger partial charge in [0.15, 0.2) is 0 Å². The Hall–Kier alpha value is -1.84. The molecule has 0 bridgehead atoms. The van der Waals surface area contributed by atoms with Gasteiger partial charge in [-0.2, -0.15) is 0 Å². The van der Waals surface area contributed by atoms with Crippen molar-refractivity contribution in [1.82, 2.24) is 10.2 Å². The van der Waals surface area contributed by atoms with Gasteiger partial charge in [-0.15, -0.1) is 0 Å². The van der Waals surface area contributed by atoms with Crippen LogP contribution >= 0.6 is 0 Å². The summed E-state index contributed by atoms with van der Waals surface area (Å²) >= 11 is 0. The van der Waals surface area contributed by atoms with Crippen molar-refractivity contribution < 1.29 is 9.59 Å². The van der Waals surface area contributed by atoms with E-state index < -0.39 is 0 Å². The van der Waals surface area contributed by atoms with Crippen molar-refractivity contribution in [2.75, 3.05) is 19.6 Å². The van der Waals surface area contributed by atoms with Crippen LogP contribution in [-0.4, -0.2) is 36.3 Å². The lowest BCUT2D eigenvalue weighted by Gasteiger charge is -2.19. The first-order valence-electron chi connectivity index (χ1n) is 7.32. The second-order valence-electron chi connectivity index (χ2n) is 5.83. The minimum absolute atomic E-state index is 0.00313. The van der Waals surface area contributed by atoms with Crippen LogP contribution in [0.5, 0.6) is 0 Å². The summed E-state index contributed by atoms with van der Waals surface area (Å²) in [7, 11) is 0. The molecule has 1 aromatic rings. The smallest absolute Gasteiger partial charge is 0.227 e. The molecule has 0 aromatic heterocycles. The summed E-state index contributed by atoms with van der Waals surface area (Å²) in [5.41, 5.74) is 1.34. The number of benzene rings is 1. The van der Waals surface area contributed by atoms with Crippen molar-refractivity contribution >= 4 is 11.8 Å². The Morgan fingerprint density at radius 3 is 2.80 bits per heavy atom. The van der Waals surface area contributed by atoms with Gasteiger partial charge in [0.1, 0.15) is 0 Å². The minimum Gasteiger partial charge on any atom is -0.355 e. The van der Waals surface area contributed by atoms with Crippen LogP contribution in [0.1, 0.15) is 18.4 Å². The lowest BCUT2D eigenvalue weighted by Crippen LogP contribution is -2.35. The number of likely N-dealkylation sites (tertiary alicyclic amines) is 1. The molecule has 0 saturated carbocycles. The summed E-state index contributed by atoms with van der Waals surface area (Å²) in [6.07, 6.45) is 2.46. The Balaban J connectivity index is 1.54. The maximum atomic E-state index is 12.3. The summed E-state index contributed by atoms with van der Waals surface area (Å²) in [6.45, 7) is 2.18. The molecule has 4 nitrogen and oxygen atoms in total. The molecular weight excluding hydrogens is 252 g/mol. The highest BCUT2D eigenvalue weighted by Gasteiger charge is 2.34. The molecular formula is C16H20N2O2. The first-order chi connectivity index (χ1) is 9.72.